The Hall–Kier alpha value is -2.36. The van der Waals surface area contributed by atoms with Crippen LogP contribution in [0.25, 0.3) is 10.9 Å². The van der Waals surface area contributed by atoms with Gasteiger partial charge in [0.15, 0.2) is 6.61 Å². The third-order valence-electron chi connectivity index (χ3n) is 4.08. The van der Waals surface area contributed by atoms with Crippen LogP contribution in [0.5, 0.6) is 0 Å². The zero-order chi connectivity index (χ0) is 15.5. The Balaban J connectivity index is 1.64. The van der Waals surface area contributed by atoms with Crippen LogP contribution in [0.1, 0.15) is 35.3 Å². The van der Waals surface area contributed by atoms with Gasteiger partial charge in [-0.25, -0.2) is 0 Å². The maximum absolute atomic E-state index is 12.4. The van der Waals surface area contributed by atoms with Crippen molar-refractivity contribution in [2.45, 2.75) is 26.2 Å². The number of Topliss-reactive ketones (excluding diaryl/α,β-unsaturated/α-hetero) is 1. The van der Waals surface area contributed by atoms with E-state index in [9.17, 15) is 9.59 Å². The fourth-order valence-corrected chi connectivity index (χ4v) is 2.99. The van der Waals surface area contributed by atoms with Gasteiger partial charge in [0.2, 0.25) is 5.78 Å². The predicted octanol–water partition coefficient (Wildman–Crippen LogP) is 3.56. The van der Waals surface area contributed by atoms with Crippen LogP contribution in [0.2, 0.25) is 0 Å². The lowest BCUT2D eigenvalue weighted by atomic mass is 10.1. The number of carbonyl (C=O) groups is 2. The zero-order valence-electron chi connectivity index (χ0n) is 12.6. The van der Waals surface area contributed by atoms with Gasteiger partial charge in [-0.3, -0.25) is 9.59 Å². The Morgan fingerprint density at radius 1 is 1.32 bits per heavy atom. The molecule has 3 rings (SSSR count). The fourth-order valence-electron chi connectivity index (χ4n) is 2.99. The number of aromatic nitrogens is 1. The van der Waals surface area contributed by atoms with E-state index in [0.29, 0.717) is 12.0 Å². The first-order valence-electron chi connectivity index (χ1n) is 7.58. The lowest BCUT2D eigenvalue weighted by molar-refractivity contribution is -0.143. The summed E-state index contributed by atoms with van der Waals surface area (Å²) < 4.78 is 5.16. The maximum Gasteiger partial charge on any atom is 0.306 e. The number of allylic oxidation sites excluding steroid dienone is 2. The second-order valence-corrected chi connectivity index (χ2v) is 5.72. The highest BCUT2D eigenvalue weighted by Gasteiger charge is 2.19. The largest absolute Gasteiger partial charge is 0.457 e. The number of hydrogen-bond donors (Lipinski definition) is 1. The van der Waals surface area contributed by atoms with E-state index in [1.165, 1.54) is 0 Å². The molecule has 22 heavy (non-hydrogen) atoms. The molecule has 0 amide bonds. The number of fused-ring (bicyclic) bond motifs is 1. The summed E-state index contributed by atoms with van der Waals surface area (Å²) in [4.78, 5) is 27.4. The molecule has 114 valence electrons. The van der Waals surface area contributed by atoms with Crippen molar-refractivity contribution in [3.05, 3.63) is 47.7 Å². The van der Waals surface area contributed by atoms with Gasteiger partial charge in [0, 0.05) is 22.2 Å². The molecule has 1 aromatic carbocycles. The molecule has 1 atom stereocenters. The lowest BCUT2D eigenvalue weighted by Crippen LogP contribution is -2.16. The van der Waals surface area contributed by atoms with E-state index in [1.54, 1.807) is 0 Å². The number of H-pyrrole nitrogens is 1. The molecule has 0 unspecified atom stereocenters. The molecule has 0 saturated heterocycles. The first-order chi connectivity index (χ1) is 10.6. The number of hydrogen-bond acceptors (Lipinski definition) is 3. The molecule has 0 bridgehead atoms. The number of esters is 1. The Morgan fingerprint density at radius 2 is 2.14 bits per heavy atom. The van der Waals surface area contributed by atoms with Crippen LogP contribution < -0.4 is 0 Å². The molecule has 1 N–H and O–H groups in total. The van der Waals surface area contributed by atoms with E-state index in [1.807, 2.05) is 37.3 Å². The highest BCUT2D eigenvalue weighted by atomic mass is 16.5. The van der Waals surface area contributed by atoms with Crippen LogP contribution >= 0.6 is 0 Å². The number of ketones is 1. The summed E-state index contributed by atoms with van der Waals surface area (Å²) in [5.74, 6) is -0.204. The van der Waals surface area contributed by atoms with Crippen molar-refractivity contribution in [2.24, 2.45) is 5.92 Å². The predicted molar refractivity (Wildman–Crippen MR) is 84.8 cm³/mol. The molecule has 4 heteroatoms. The van der Waals surface area contributed by atoms with Crippen molar-refractivity contribution >= 4 is 22.7 Å². The van der Waals surface area contributed by atoms with Crippen molar-refractivity contribution in [3.63, 3.8) is 0 Å². The van der Waals surface area contributed by atoms with Crippen LogP contribution in [0.4, 0.5) is 0 Å². The number of para-hydroxylation sites is 1. The molecule has 0 aliphatic heterocycles. The summed E-state index contributed by atoms with van der Waals surface area (Å²) in [6.07, 6.45) is 6.50. The van der Waals surface area contributed by atoms with Gasteiger partial charge in [-0.05, 0) is 31.7 Å². The van der Waals surface area contributed by atoms with E-state index in [0.717, 1.165) is 29.4 Å². The monoisotopic (exact) mass is 297 g/mol. The fraction of sp³-hybridized carbons (Fsp3) is 0.333. The molecular formula is C18H19NO3. The van der Waals surface area contributed by atoms with Crippen molar-refractivity contribution in [1.82, 2.24) is 4.98 Å². The molecule has 1 heterocycles. The van der Waals surface area contributed by atoms with Crippen molar-refractivity contribution in [2.75, 3.05) is 6.61 Å². The maximum atomic E-state index is 12.4. The summed E-state index contributed by atoms with van der Waals surface area (Å²) in [5.41, 5.74) is 2.34. The van der Waals surface area contributed by atoms with Crippen molar-refractivity contribution in [3.8, 4) is 0 Å². The van der Waals surface area contributed by atoms with E-state index in [2.05, 4.69) is 11.1 Å². The smallest absolute Gasteiger partial charge is 0.306 e. The average molecular weight is 297 g/mol. The van der Waals surface area contributed by atoms with Crippen LogP contribution in [0.3, 0.4) is 0 Å². The molecule has 2 aromatic rings. The van der Waals surface area contributed by atoms with Crippen LogP contribution in [-0.2, 0) is 9.53 Å². The number of carbonyl (C=O) groups excluding carboxylic acids is 2. The minimum Gasteiger partial charge on any atom is -0.457 e. The summed E-state index contributed by atoms with van der Waals surface area (Å²) in [6, 6.07) is 7.64. The average Bonchev–Trinajstić information content (AvgIpc) is 3.11. The van der Waals surface area contributed by atoms with Gasteiger partial charge >= 0.3 is 5.97 Å². The van der Waals surface area contributed by atoms with E-state index in [-0.39, 0.29) is 24.3 Å². The molecule has 0 spiro atoms. The number of benzene rings is 1. The van der Waals surface area contributed by atoms with Gasteiger partial charge in [-0.2, -0.15) is 0 Å². The summed E-state index contributed by atoms with van der Waals surface area (Å²) >= 11 is 0. The Bertz CT molecular complexity index is 742. The van der Waals surface area contributed by atoms with Gasteiger partial charge in [-0.15, -0.1) is 0 Å². The normalized spacial score (nSPS) is 17.0. The molecule has 0 saturated carbocycles. The highest BCUT2D eigenvalue weighted by molar-refractivity contribution is 6.10. The molecule has 1 aliphatic carbocycles. The highest BCUT2D eigenvalue weighted by Crippen LogP contribution is 2.23. The van der Waals surface area contributed by atoms with Crippen molar-refractivity contribution < 1.29 is 14.3 Å². The minimum atomic E-state index is -0.303. The molecular weight excluding hydrogens is 278 g/mol. The molecule has 1 aliphatic rings. The topological polar surface area (TPSA) is 59.2 Å². The third kappa shape index (κ3) is 2.96. The number of nitrogens with one attached hydrogen (secondary N) is 1. The van der Waals surface area contributed by atoms with Crippen LogP contribution in [0.15, 0.2) is 36.4 Å². The Kier molecular flexibility index (Phi) is 4.09. The number of aryl methyl sites for hydroxylation is 1. The van der Waals surface area contributed by atoms with Crippen LogP contribution in [-0.4, -0.2) is 23.3 Å². The van der Waals surface area contributed by atoms with Gasteiger partial charge in [0.1, 0.15) is 0 Å². The summed E-state index contributed by atoms with van der Waals surface area (Å²) in [7, 11) is 0. The van der Waals surface area contributed by atoms with Gasteiger partial charge < -0.3 is 9.72 Å². The molecule has 4 nitrogen and oxygen atoms in total. The van der Waals surface area contributed by atoms with Crippen LogP contribution in [0, 0.1) is 12.8 Å². The summed E-state index contributed by atoms with van der Waals surface area (Å²) in [6.45, 7) is 1.66. The zero-order valence-corrected chi connectivity index (χ0v) is 12.6. The third-order valence-corrected chi connectivity index (χ3v) is 4.08. The lowest BCUT2D eigenvalue weighted by Gasteiger charge is -2.08. The number of rotatable bonds is 5. The van der Waals surface area contributed by atoms with Crippen molar-refractivity contribution in [1.29, 1.82) is 0 Å². The second-order valence-electron chi connectivity index (χ2n) is 5.72. The van der Waals surface area contributed by atoms with E-state index in [4.69, 9.17) is 4.74 Å². The first kappa shape index (κ1) is 14.6. The van der Waals surface area contributed by atoms with Gasteiger partial charge in [0.25, 0.3) is 0 Å². The number of aromatic amines is 1. The second kappa shape index (κ2) is 6.18. The van der Waals surface area contributed by atoms with E-state index < -0.39 is 0 Å². The quantitative estimate of drug-likeness (QED) is 0.521. The van der Waals surface area contributed by atoms with Gasteiger partial charge in [-0.1, -0.05) is 30.4 Å². The first-order valence-corrected chi connectivity index (χ1v) is 7.58. The standard InChI is InChI=1S/C18H19NO3/c1-12-18(14-8-4-5-9-15(14)19-12)16(20)11-22-17(21)10-13-6-2-3-7-13/h2,4-6,8-9,13,19H,3,7,10-11H2,1H3/t13-/m1/s1. The molecule has 0 fully saturated rings. The summed E-state index contributed by atoms with van der Waals surface area (Å²) in [5, 5.41) is 0.875. The Labute approximate surface area is 129 Å². The minimum absolute atomic E-state index is 0.162. The van der Waals surface area contributed by atoms with E-state index >= 15 is 0 Å². The molecule has 0 radical (unpaired) electrons. The Morgan fingerprint density at radius 3 is 2.91 bits per heavy atom. The van der Waals surface area contributed by atoms with Gasteiger partial charge in [0.05, 0.1) is 6.42 Å². The number of ether oxygens (including phenoxy) is 1. The SMILES string of the molecule is Cc1[nH]c2ccccc2c1C(=O)COC(=O)C[C@@H]1C=CCC1. The molecule has 1 aromatic heterocycles.